The predicted molar refractivity (Wildman–Crippen MR) is 60.9 cm³/mol. The lowest BCUT2D eigenvalue weighted by molar-refractivity contribution is -0.175. The number of nitrogens with one attached hydrogen (secondary N) is 1. The Kier molecular flexibility index (Phi) is 5.80. The highest BCUT2D eigenvalue weighted by Crippen LogP contribution is 2.17. The molecule has 0 saturated carbocycles. The fourth-order valence-corrected chi connectivity index (χ4v) is 1.51. The monoisotopic (exact) mass is 283 g/mol. The van der Waals surface area contributed by atoms with Crippen LogP contribution in [-0.4, -0.2) is 30.4 Å². The minimum atomic E-state index is -4.34. The van der Waals surface area contributed by atoms with Crippen molar-refractivity contribution in [2.75, 3.05) is 13.2 Å². The molecule has 1 aromatic heterocycles. The molecule has 0 bridgehead atoms. The van der Waals surface area contributed by atoms with Gasteiger partial charge >= 0.3 is 6.18 Å². The summed E-state index contributed by atoms with van der Waals surface area (Å²) in [5.41, 5.74) is 3.13. The van der Waals surface area contributed by atoms with Gasteiger partial charge in [-0.25, -0.2) is 0 Å². The summed E-state index contributed by atoms with van der Waals surface area (Å²) in [7, 11) is 0. The summed E-state index contributed by atoms with van der Waals surface area (Å²) in [5, 5.41) is 0.438. The fourth-order valence-electron chi connectivity index (χ4n) is 1.32. The number of hydrogen-bond donors (Lipinski definition) is 2. The Morgan fingerprint density at radius 1 is 1.50 bits per heavy atom. The smallest absolute Gasteiger partial charge is 0.370 e. The molecule has 0 aromatic carbocycles. The highest BCUT2D eigenvalue weighted by atomic mass is 35.5. The van der Waals surface area contributed by atoms with Crippen LogP contribution in [0.15, 0.2) is 18.5 Å². The number of hydrazine groups is 1. The van der Waals surface area contributed by atoms with Crippen molar-refractivity contribution in [3.05, 3.63) is 29.0 Å². The first-order chi connectivity index (χ1) is 8.42. The number of halogens is 4. The molecule has 0 fully saturated rings. The van der Waals surface area contributed by atoms with E-state index in [1.54, 1.807) is 12.3 Å². The van der Waals surface area contributed by atoms with Gasteiger partial charge in [-0.2, -0.15) is 13.2 Å². The van der Waals surface area contributed by atoms with Crippen LogP contribution >= 0.6 is 11.6 Å². The van der Waals surface area contributed by atoms with Gasteiger partial charge in [0.1, 0.15) is 6.61 Å². The molecule has 0 aliphatic rings. The van der Waals surface area contributed by atoms with E-state index in [2.05, 4.69) is 15.1 Å². The number of aromatic nitrogens is 1. The van der Waals surface area contributed by atoms with Crippen molar-refractivity contribution in [3.8, 4) is 0 Å². The first-order valence-electron chi connectivity index (χ1n) is 5.11. The SMILES string of the molecule is NNC(COCC(F)(F)F)Cc1ccncc1Cl. The van der Waals surface area contributed by atoms with E-state index in [0.29, 0.717) is 11.4 Å². The lowest BCUT2D eigenvalue weighted by atomic mass is 10.1. The largest absolute Gasteiger partial charge is 0.411 e. The van der Waals surface area contributed by atoms with Gasteiger partial charge in [0, 0.05) is 18.4 Å². The Balaban J connectivity index is 2.45. The van der Waals surface area contributed by atoms with Gasteiger partial charge in [0.15, 0.2) is 0 Å². The summed E-state index contributed by atoms with van der Waals surface area (Å²) in [6, 6.07) is 1.23. The highest BCUT2D eigenvalue weighted by molar-refractivity contribution is 6.31. The summed E-state index contributed by atoms with van der Waals surface area (Å²) >= 11 is 5.88. The fraction of sp³-hybridized carbons (Fsp3) is 0.500. The van der Waals surface area contributed by atoms with Crippen molar-refractivity contribution >= 4 is 11.6 Å². The number of hydrogen-bond acceptors (Lipinski definition) is 4. The molecule has 1 rings (SSSR count). The third-order valence-corrected chi connectivity index (χ3v) is 2.48. The molecular weight excluding hydrogens is 271 g/mol. The van der Waals surface area contributed by atoms with Gasteiger partial charge in [0.25, 0.3) is 0 Å². The van der Waals surface area contributed by atoms with E-state index < -0.39 is 18.8 Å². The maximum absolute atomic E-state index is 11.9. The second-order valence-electron chi connectivity index (χ2n) is 3.67. The molecule has 102 valence electrons. The highest BCUT2D eigenvalue weighted by Gasteiger charge is 2.27. The second-order valence-corrected chi connectivity index (χ2v) is 4.07. The molecule has 8 heteroatoms. The zero-order valence-electron chi connectivity index (χ0n) is 9.38. The molecule has 0 amide bonds. The minimum Gasteiger partial charge on any atom is -0.370 e. The van der Waals surface area contributed by atoms with Gasteiger partial charge in [-0.1, -0.05) is 11.6 Å². The first kappa shape index (κ1) is 15.2. The van der Waals surface area contributed by atoms with Crippen LogP contribution in [0.2, 0.25) is 5.02 Å². The van der Waals surface area contributed by atoms with E-state index in [1.165, 1.54) is 6.20 Å². The number of alkyl halides is 3. The van der Waals surface area contributed by atoms with E-state index >= 15 is 0 Å². The van der Waals surface area contributed by atoms with Crippen molar-refractivity contribution in [2.24, 2.45) is 5.84 Å². The van der Waals surface area contributed by atoms with Crippen LogP contribution in [0.4, 0.5) is 13.2 Å². The molecule has 18 heavy (non-hydrogen) atoms. The number of ether oxygens (including phenoxy) is 1. The summed E-state index contributed by atoms with van der Waals surface area (Å²) in [6.07, 6.45) is -0.977. The zero-order valence-corrected chi connectivity index (χ0v) is 10.1. The number of pyridine rings is 1. The molecule has 1 atom stereocenters. The molecule has 0 saturated heterocycles. The molecule has 0 spiro atoms. The number of rotatable bonds is 6. The van der Waals surface area contributed by atoms with E-state index in [1.807, 2.05) is 0 Å². The predicted octanol–water partition coefficient (Wildman–Crippen LogP) is 1.69. The third-order valence-electron chi connectivity index (χ3n) is 2.14. The van der Waals surface area contributed by atoms with Gasteiger partial charge in [-0.3, -0.25) is 16.3 Å². The lowest BCUT2D eigenvalue weighted by Crippen LogP contribution is -2.41. The van der Waals surface area contributed by atoms with Crippen molar-refractivity contribution in [1.82, 2.24) is 10.4 Å². The van der Waals surface area contributed by atoms with Gasteiger partial charge in [-0.15, -0.1) is 0 Å². The topological polar surface area (TPSA) is 60.2 Å². The standard InChI is InChI=1S/C10H13ClF3N3O/c11-9-4-16-2-1-7(9)3-8(17-15)5-18-6-10(12,13)14/h1-2,4,8,17H,3,5-6,15H2. The Morgan fingerprint density at radius 2 is 2.22 bits per heavy atom. The molecule has 3 N–H and O–H groups in total. The maximum atomic E-state index is 11.9. The summed E-state index contributed by atoms with van der Waals surface area (Å²) in [4.78, 5) is 3.81. The Hall–Kier alpha value is -0.890. The van der Waals surface area contributed by atoms with Crippen LogP contribution in [0.1, 0.15) is 5.56 Å². The van der Waals surface area contributed by atoms with Crippen LogP contribution < -0.4 is 11.3 Å². The number of nitrogens with two attached hydrogens (primary N) is 1. The first-order valence-corrected chi connectivity index (χ1v) is 5.49. The minimum absolute atomic E-state index is 0.158. The van der Waals surface area contributed by atoms with E-state index in [-0.39, 0.29) is 6.61 Å². The molecule has 1 unspecified atom stereocenters. The summed E-state index contributed by atoms with van der Waals surface area (Å²) in [5.74, 6) is 5.25. The van der Waals surface area contributed by atoms with E-state index in [4.69, 9.17) is 17.4 Å². The Morgan fingerprint density at radius 3 is 2.78 bits per heavy atom. The molecule has 0 aliphatic heterocycles. The molecular formula is C10H13ClF3N3O. The summed E-state index contributed by atoms with van der Waals surface area (Å²) < 4.78 is 40.2. The maximum Gasteiger partial charge on any atom is 0.411 e. The summed E-state index contributed by atoms with van der Waals surface area (Å²) in [6.45, 7) is -1.45. The van der Waals surface area contributed by atoms with Gasteiger partial charge in [0.05, 0.1) is 11.6 Å². The van der Waals surface area contributed by atoms with Crippen LogP contribution in [0.5, 0.6) is 0 Å². The third kappa shape index (κ3) is 5.63. The van der Waals surface area contributed by atoms with E-state index in [0.717, 1.165) is 5.56 Å². The van der Waals surface area contributed by atoms with Gasteiger partial charge in [-0.05, 0) is 18.1 Å². The normalized spacial score (nSPS) is 13.6. The zero-order chi connectivity index (χ0) is 13.6. The molecule has 4 nitrogen and oxygen atoms in total. The lowest BCUT2D eigenvalue weighted by Gasteiger charge is -2.17. The molecule has 1 heterocycles. The van der Waals surface area contributed by atoms with Crippen molar-refractivity contribution in [2.45, 2.75) is 18.6 Å². The van der Waals surface area contributed by atoms with Gasteiger partial charge in [0.2, 0.25) is 0 Å². The molecule has 0 radical (unpaired) electrons. The number of nitrogens with zero attached hydrogens (tertiary/aromatic N) is 1. The quantitative estimate of drug-likeness (QED) is 0.616. The van der Waals surface area contributed by atoms with Crippen molar-refractivity contribution in [3.63, 3.8) is 0 Å². The Bertz CT molecular complexity index is 376. The molecule has 0 aliphatic carbocycles. The van der Waals surface area contributed by atoms with Crippen LogP contribution in [0, 0.1) is 0 Å². The molecule has 1 aromatic rings. The average Bonchev–Trinajstić information content (AvgIpc) is 2.29. The average molecular weight is 284 g/mol. The van der Waals surface area contributed by atoms with Crippen LogP contribution in [-0.2, 0) is 11.2 Å². The Labute approximate surface area is 107 Å². The second kappa shape index (κ2) is 6.89. The van der Waals surface area contributed by atoms with Crippen molar-refractivity contribution in [1.29, 1.82) is 0 Å². The van der Waals surface area contributed by atoms with Gasteiger partial charge < -0.3 is 4.74 Å². The van der Waals surface area contributed by atoms with E-state index in [9.17, 15) is 13.2 Å². The van der Waals surface area contributed by atoms with Crippen LogP contribution in [0.25, 0.3) is 0 Å². The van der Waals surface area contributed by atoms with Crippen LogP contribution in [0.3, 0.4) is 0 Å². The van der Waals surface area contributed by atoms with Crippen molar-refractivity contribution < 1.29 is 17.9 Å².